The van der Waals surface area contributed by atoms with Gasteiger partial charge in [0.05, 0.1) is 37.6 Å². The number of phenols is 1. The lowest BCUT2D eigenvalue weighted by atomic mass is 10.1. The number of hydrogen-bond donors (Lipinski definition) is 1. The first-order valence-corrected chi connectivity index (χ1v) is 13.1. The molecule has 37 heavy (non-hydrogen) atoms. The van der Waals surface area contributed by atoms with E-state index in [2.05, 4.69) is 40.0 Å². The molecular formula is C27H26BrN3O5S. The molecule has 0 radical (unpaired) electrons. The second-order valence-electron chi connectivity index (χ2n) is 8.53. The SMILES string of the molecule is COc1cc(/C=C2\S/C(=N/N=C\c3cc(Br)ccc3O)N(Cc3ccco3)C2=O)ccc1OCC(C)C. The zero-order valence-corrected chi connectivity index (χ0v) is 23.0. The third-order valence-corrected chi connectivity index (χ3v) is 6.66. The smallest absolute Gasteiger partial charge is 0.267 e. The number of carbonyl (C=O) groups excluding carboxylic acids is 1. The molecule has 2 aromatic carbocycles. The fourth-order valence-corrected chi connectivity index (χ4v) is 4.66. The Labute approximate surface area is 227 Å². The van der Waals surface area contributed by atoms with E-state index >= 15 is 0 Å². The van der Waals surface area contributed by atoms with Crippen LogP contribution in [0.25, 0.3) is 6.08 Å². The number of furan rings is 1. The number of amidine groups is 1. The van der Waals surface area contributed by atoms with E-state index < -0.39 is 0 Å². The van der Waals surface area contributed by atoms with E-state index in [0.29, 0.717) is 45.4 Å². The van der Waals surface area contributed by atoms with Gasteiger partial charge in [0.15, 0.2) is 16.7 Å². The maximum Gasteiger partial charge on any atom is 0.267 e. The van der Waals surface area contributed by atoms with E-state index in [-0.39, 0.29) is 18.2 Å². The number of phenolic OH excluding ortho intramolecular Hbond substituents is 1. The lowest BCUT2D eigenvalue weighted by Crippen LogP contribution is -2.28. The van der Waals surface area contributed by atoms with Crippen LogP contribution in [0.1, 0.15) is 30.7 Å². The molecule has 0 unspecified atom stereocenters. The number of halogens is 1. The van der Waals surface area contributed by atoms with Gasteiger partial charge in [0.25, 0.3) is 5.91 Å². The van der Waals surface area contributed by atoms with E-state index in [9.17, 15) is 9.90 Å². The van der Waals surface area contributed by atoms with Crippen LogP contribution in [0.3, 0.4) is 0 Å². The fraction of sp³-hybridized carbons (Fsp3) is 0.222. The minimum Gasteiger partial charge on any atom is -0.507 e. The van der Waals surface area contributed by atoms with E-state index in [4.69, 9.17) is 13.9 Å². The van der Waals surface area contributed by atoms with Crippen LogP contribution in [-0.2, 0) is 11.3 Å². The lowest BCUT2D eigenvalue weighted by molar-refractivity contribution is -0.122. The number of carbonyl (C=O) groups is 1. The normalized spacial score (nSPS) is 16.0. The first-order valence-electron chi connectivity index (χ1n) is 11.5. The van der Waals surface area contributed by atoms with Crippen LogP contribution >= 0.6 is 27.7 Å². The molecule has 3 aromatic rings. The number of thioether (sulfide) groups is 1. The molecule has 10 heteroatoms. The largest absolute Gasteiger partial charge is 0.507 e. The van der Waals surface area contributed by atoms with Gasteiger partial charge in [0, 0.05) is 10.0 Å². The van der Waals surface area contributed by atoms with Crippen molar-refractivity contribution in [3.63, 3.8) is 0 Å². The van der Waals surface area contributed by atoms with Crippen LogP contribution in [-0.4, -0.2) is 41.0 Å². The number of aromatic hydroxyl groups is 1. The van der Waals surface area contributed by atoms with Crippen molar-refractivity contribution in [2.24, 2.45) is 16.1 Å². The summed E-state index contributed by atoms with van der Waals surface area (Å²) in [5.74, 6) is 2.09. The van der Waals surface area contributed by atoms with Crippen molar-refractivity contribution >= 4 is 51.1 Å². The predicted octanol–water partition coefficient (Wildman–Crippen LogP) is 6.30. The van der Waals surface area contributed by atoms with Crippen molar-refractivity contribution in [3.05, 3.63) is 81.1 Å². The fourth-order valence-electron chi connectivity index (χ4n) is 3.35. The van der Waals surface area contributed by atoms with Gasteiger partial charge in [-0.15, -0.1) is 5.10 Å². The number of methoxy groups -OCH3 is 1. The second-order valence-corrected chi connectivity index (χ2v) is 10.5. The van der Waals surface area contributed by atoms with Gasteiger partial charge >= 0.3 is 0 Å². The Morgan fingerprint density at radius 3 is 2.76 bits per heavy atom. The molecule has 1 fully saturated rings. The van der Waals surface area contributed by atoms with Crippen LogP contribution in [0.2, 0.25) is 0 Å². The van der Waals surface area contributed by atoms with Gasteiger partial charge in [-0.2, -0.15) is 5.10 Å². The zero-order valence-electron chi connectivity index (χ0n) is 20.6. The lowest BCUT2D eigenvalue weighted by Gasteiger charge is -2.13. The van der Waals surface area contributed by atoms with Crippen LogP contribution in [0, 0.1) is 5.92 Å². The van der Waals surface area contributed by atoms with Gasteiger partial charge in [-0.05, 0) is 71.8 Å². The van der Waals surface area contributed by atoms with Crippen LogP contribution < -0.4 is 9.47 Å². The standard InChI is InChI=1S/C27H26BrN3O5S/c1-17(2)16-36-23-9-6-18(11-24(23)34-3)12-25-26(33)31(15-21-5-4-10-35-21)27(37-25)30-29-14-19-13-20(28)7-8-22(19)32/h4-14,17,32H,15-16H2,1-3H3/b25-12-,29-14-,30-27+. The summed E-state index contributed by atoms with van der Waals surface area (Å²) in [5, 5.41) is 18.9. The summed E-state index contributed by atoms with van der Waals surface area (Å²) in [7, 11) is 1.58. The molecule has 1 aliphatic heterocycles. The summed E-state index contributed by atoms with van der Waals surface area (Å²) < 4.78 is 17.6. The van der Waals surface area contributed by atoms with Gasteiger partial charge in [-0.25, -0.2) is 0 Å². The molecule has 4 rings (SSSR count). The number of hydrogen-bond acceptors (Lipinski definition) is 8. The Morgan fingerprint density at radius 1 is 1.19 bits per heavy atom. The molecule has 1 aromatic heterocycles. The van der Waals surface area contributed by atoms with Gasteiger partial charge in [0.1, 0.15) is 11.5 Å². The summed E-state index contributed by atoms with van der Waals surface area (Å²) in [6.45, 7) is 4.93. The summed E-state index contributed by atoms with van der Waals surface area (Å²) in [5.41, 5.74) is 1.28. The molecule has 0 saturated carbocycles. The highest BCUT2D eigenvalue weighted by atomic mass is 79.9. The Bertz CT molecular complexity index is 1350. The highest BCUT2D eigenvalue weighted by Crippen LogP contribution is 2.36. The molecule has 1 saturated heterocycles. The highest BCUT2D eigenvalue weighted by molar-refractivity contribution is 9.10. The second kappa shape index (κ2) is 12.2. The van der Waals surface area contributed by atoms with Crippen molar-refractivity contribution in [2.75, 3.05) is 13.7 Å². The molecule has 0 aliphatic carbocycles. The van der Waals surface area contributed by atoms with E-state index in [1.807, 2.05) is 18.2 Å². The van der Waals surface area contributed by atoms with Crippen molar-refractivity contribution in [3.8, 4) is 17.2 Å². The zero-order chi connectivity index (χ0) is 26.4. The van der Waals surface area contributed by atoms with Crippen LogP contribution in [0.5, 0.6) is 17.2 Å². The maximum absolute atomic E-state index is 13.3. The predicted molar refractivity (Wildman–Crippen MR) is 149 cm³/mol. The Hall–Kier alpha value is -3.50. The van der Waals surface area contributed by atoms with Gasteiger partial charge in [-0.3, -0.25) is 9.69 Å². The number of ether oxygens (including phenoxy) is 2. The van der Waals surface area contributed by atoms with Gasteiger partial charge in [-0.1, -0.05) is 35.8 Å². The Morgan fingerprint density at radius 2 is 2.03 bits per heavy atom. The first kappa shape index (κ1) is 26.6. The van der Waals surface area contributed by atoms with Crippen molar-refractivity contribution < 1.29 is 23.8 Å². The van der Waals surface area contributed by atoms with Crippen LogP contribution in [0.4, 0.5) is 0 Å². The molecule has 1 amide bonds. The number of amides is 1. The first-order chi connectivity index (χ1) is 17.8. The minimum atomic E-state index is -0.222. The molecule has 0 bridgehead atoms. The summed E-state index contributed by atoms with van der Waals surface area (Å²) >= 11 is 4.58. The highest BCUT2D eigenvalue weighted by Gasteiger charge is 2.34. The van der Waals surface area contributed by atoms with Gasteiger partial charge < -0.3 is 19.0 Å². The maximum atomic E-state index is 13.3. The van der Waals surface area contributed by atoms with Crippen molar-refractivity contribution in [2.45, 2.75) is 20.4 Å². The number of benzene rings is 2. The Kier molecular flexibility index (Phi) is 8.73. The molecule has 0 spiro atoms. The molecule has 192 valence electrons. The summed E-state index contributed by atoms with van der Waals surface area (Å²) in [6.07, 6.45) is 4.77. The quantitative estimate of drug-likeness (QED) is 0.180. The number of nitrogens with zero attached hydrogens (tertiary/aromatic N) is 3. The van der Waals surface area contributed by atoms with E-state index in [1.165, 1.54) is 22.9 Å². The molecule has 2 heterocycles. The minimum absolute atomic E-state index is 0.0742. The summed E-state index contributed by atoms with van der Waals surface area (Å²) in [4.78, 5) is 15.3. The number of rotatable bonds is 9. The Balaban J connectivity index is 1.61. The molecular weight excluding hydrogens is 558 g/mol. The average molecular weight is 584 g/mol. The molecule has 8 nitrogen and oxygen atoms in total. The van der Waals surface area contributed by atoms with Crippen molar-refractivity contribution in [1.29, 1.82) is 0 Å². The summed E-state index contributed by atoms with van der Waals surface area (Å²) in [6, 6.07) is 14.1. The third-order valence-electron chi connectivity index (χ3n) is 5.17. The molecule has 1 aliphatic rings. The van der Waals surface area contributed by atoms with Gasteiger partial charge in [0.2, 0.25) is 0 Å². The topological polar surface area (TPSA) is 96.9 Å². The van der Waals surface area contributed by atoms with Crippen molar-refractivity contribution in [1.82, 2.24) is 4.90 Å². The van der Waals surface area contributed by atoms with E-state index in [0.717, 1.165) is 10.0 Å². The average Bonchev–Trinajstić information content (AvgIpc) is 3.49. The van der Waals surface area contributed by atoms with Crippen LogP contribution in [0.15, 0.2) is 78.8 Å². The van der Waals surface area contributed by atoms with E-state index in [1.54, 1.807) is 49.8 Å². The third kappa shape index (κ3) is 6.84. The molecule has 1 N–H and O–H groups in total. The monoisotopic (exact) mass is 583 g/mol. The molecule has 0 atom stereocenters.